The molecular formula is C24H28N4O7. The third kappa shape index (κ3) is 6.42. The molecule has 0 saturated heterocycles. The molecule has 1 aliphatic rings. The highest BCUT2D eigenvalue weighted by molar-refractivity contribution is 5.95. The number of carbonyl (C=O) groups is 2. The summed E-state index contributed by atoms with van der Waals surface area (Å²) < 4.78 is 16.3. The second-order valence-electron chi connectivity index (χ2n) is 7.47. The van der Waals surface area contributed by atoms with Crippen LogP contribution in [0.15, 0.2) is 58.8 Å². The first-order valence-corrected chi connectivity index (χ1v) is 10.8. The number of aliphatic hydroxyl groups is 1. The van der Waals surface area contributed by atoms with E-state index in [0.717, 1.165) is 0 Å². The lowest BCUT2D eigenvalue weighted by Gasteiger charge is -2.28. The zero-order chi connectivity index (χ0) is 25.4. The number of phenolic OH excluding ortho intramolecular Hbond substituents is 1. The minimum absolute atomic E-state index is 0.0653. The molecule has 0 radical (unpaired) electrons. The molecule has 0 fully saturated rings. The SMILES string of the molecule is CCOc1cc([C@H]2NC(=O)NC(C)=C2C(=O)OC)ccc1OC[C@H](O)N/N=C\c1ccccc1O. The Morgan fingerprint density at radius 1 is 1.23 bits per heavy atom. The van der Waals surface area contributed by atoms with Crippen LogP contribution in [0.5, 0.6) is 17.2 Å². The average Bonchev–Trinajstić information content (AvgIpc) is 2.83. The number of hydrogen-bond acceptors (Lipinski definition) is 9. The van der Waals surface area contributed by atoms with Crippen molar-refractivity contribution in [3.63, 3.8) is 0 Å². The second kappa shape index (κ2) is 11.7. The van der Waals surface area contributed by atoms with Gasteiger partial charge in [0.05, 0.1) is 31.5 Å². The fourth-order valence-corrected chi connectivity index (χ4v) is 3.41. The number of urea groups is 1. The van der Waals surface area contributed by atoms with Crippen LogP contribution in [0.2, 0.25) is 0 Å². The summed E-state index contributed by atoms with van der Waals surface area (Å²) in [4.78, 5) is 24.4. The van der Waals surface area contributed by atoms with Crippen LogP contribution in [0.25, 0.3) is 0 Å². The van der Waals surface area contributed by atoms with Gasteiger partial charge in [0.25, 0.3) is 0 Å². The van der Waals surface area contributed by atoms with Crippen molar-refractivity contribution in [3.8, 4) is 17.2 Å². The number of nitrogens with zero attached hydrogens (tertiary/aromatic N) is 1. The van der Waals surface area contributed by atoms with Crippen molar-refractivity contribution in [3.05, 3.63) is 64.9 Å². The topological polar surface area (TPSA) is 151 Å². The van der Waals surface area contributed by atoms with E-state index in [0.29, 0.717) is 34.9 Å². The van der Waals surface area contributed by atoms with Gasteiger partial charge in [-0.25, -0.2) is 9.59 Å². The van der Waals surface area contributed by atoms with Gasteiger partial charge in [0.15, 0.2) is 17.7 Å². The fourth-order valence-electron chi connectivity index (χ4n) is 3.41. The Morgan fingerprint density at radius 2 is 2.00 bits per heavy atom. The van der Waals surface area contributed by atoms with E-state index >= 15 is 0 Å². The van der Waals surface area contributed by atoms with Crippen molar-refractivity contribution in [1.29, 1.82) is 0 Å². The Labute approximate surface area is 202 Å². The zero-order valence-corrected chi connectivity index (χ0v) is 19.6. The largest absolute Gasteiger partial charge is 0.507 e. The van der Waals surface area contributed by atoms with Gasteiger partial charge >= 0.3 is 12.0 Å². The summed E-state index contributed by atoms with van der Waals surface area (Å²) >= 11 is 0. The molecule has 11 heteroatoms. The summed E-state index contributed by atoms with van der Waals surface area (Å²) in [5, 5.41) is 29.1. The molecular weight excluding hydrogens is 456 g/mol. The summed E-state index contributed by atoms with van der Waals surface area (Å²) in [6.07, 6.45) is 0.229. The summed E-state index contributed by atoms with van der Waals surface area (Å²) in [6, 6.07) is 10.4. The number of para-hydroxylation sites is 1. The molecule has 1 aliphatic heterocycles. The third-order valence-electron chi connectivity index (χ3n) is 5.04. The third-order valence-corrected chi connectivity index (χ3v) is 5.04. The van der Waals surface area contributed by atoms with Crippen LogP contribution in [-0.4, -0.2) is 55.0 Å². The number of hydrogen-bond donors (Lipinski definition) is 5. The molecule has 2 aromatic carbocycles. The molecule has 35 heavy (non-hydrogen) atoms. The Bertz CT molecular complexity index is 1130. The number of esters is 1. The summed E-state index contributed by atoms with van der Waals surface area (Å²) in [7, 11) is 1.27. The van der Waals surface area contributed by atoms with Gasteiger partial charge in [-0.2, -0.15) is 5.10 Å². The van der Waals surface area contributed by atoms with Crippen LogP contribution in [-0.2, 0) is 9.53 Å². The van der Waals surface area contributed by atoms with Gasteiger partial charge in [-0.05, 0) is 43.7 Å². The Balaban J connectivity index is 1.72. The van der Waals surface area contributed by atoms with Gasteiger partial charge < -0.3 is 35.1 Å². The molecule has 0 unspecified atom stereocenters. The number of allylic oxidation sites excluding steroid dienone is 1. The first-order valence-electron chi connectivity index (χ1n) is 10.8. The normalized spacial score (nSPS) is 16.3. The first-order chi connectivity index (χ1) is 16.8. The van der Waals surface area contributed by atoms with E-state index in [1.54, 1.807) is 50.2 Å². The van der Waals surface area contributed by atoms with Crippen molar-refractivity contribution in [1.82, 2.24) is 16.1 Å². The van der Waals surface area contributed by atoms with Gasteiger partial charge in [0, 0.05) is 11.3 Å². The molecule has 0 bridgehead atoms. The van der Waals surface area contributed by atoms with Crippen molar-refractivity contribution < 1.29 is 34.0 Å². The number of carbonyl (C=O) groups excluding carboxylic acids is 2. The lowest BCUT2D eigenvalue weighted by atomic mass is 9.95. The highest BCUT2D eigenvalue weighted by Crippen LogP contribution is 2.34. The molecule has 0 aromatic heterocycles. The van der Waals surface area contributed by atoms with Crippen molar-refractivity contribution in [2.75, 3.05) is 20.3 Å². The molecule has 2 amide bonds. The highest BCUT2D eigenvalue weighted by atomic mass is 16.5. The second-order valence-corrected chi connectivity index (χ2v) is 7.47. The number of aliphatic hydroxyl groups excluding tert-OH is 1. The molecule has 2 aromatic rings. The van der Waals surface area contributed by atoms with Crippen LogP contribution < -0.4 is 25.5 Å². The quantitative estimate of drug-likeness (QED) is 0.149. The van der Waals surface area contributed by atoms with Gasteiger partial charge in [0.2, 0.25) is 0 Å². The van der Waals surface area contributed by atoms with E-state index in [9.17, 15) is 19.8 Å². The summed E-state index contributed by atoms with van der Waals surface area (Å²) in [5.41, 5.74) is 4.25. The van der Waals surface area contributed by atoms with Crippen LogP contribution in [0.1, 0.15) is 31.0 Å². The minimum Gasteiger partial charge on any atom is -0.507 e. The maximum absolute atomic E-state index is 12.3. The van der Waals surface area contributed by atoms with E-state index in [1.165, 1.54) is 19.4 Å². The number of methoxy groups -OCH3 is 1. The average molecular weight is 485 g/mol. The minimum atomic E-state index is -1.15. The van der Waals surface area contributed by atoms with Crippen LogP contribution >= 0.6 is 0 Å². The molecule has 0 spiro atoms. The number of nitrogens with one attached hydrogen (secondary N) is 3. The first kappa shape index (κ1) is 25.4. The fraction of sp³-hybridized carbons (Fsp3) is 0.292. The lowest BCUT2D eigenvalue weighted by molar-refractivity contribution is -0.136. The van der Waals surface area contributed by atoms with E-state index in [4.69, 9.17) is 14.2 Å². The Hall–Kier alpha value is -4.25. The van der Waals surface area contributed by atoms with Crippen LogP contribution in [0.4, 0.5) is 4.79 Å². The van der Waals surface area contributed by atoms with E-state index in [1.807, 2.05) is 0 Å². The number of amides is 2. The molecule has 11 nitrogen and oxygen atoms in total. The Kier molecular flexibility index (Phi) is 8.52. The number of aromatic hydroxyl groups is 1. The number of benzene rings is 2. The summed E-state index contributed by atoms with van der Waals surface area (Å²) in [6.45, 7) is 3.60. The van der Waals surface area contributed by atoms with Gasteiger partial charge in [-0.1, -0.05) is 18.2 Å². The number of phenols is 1. The summed E-state index contributed by atoms with van der Waals surface area (Å²) in [5.74, 6) is 0.207. The van der Waals surface area contributed by atoms with Crippen LogP contribution in [0.3, 0.4) is 0 Å². The predicted octanol–water partition coefficient (Wildman–Crippen LogP) is 1.91. The molecule has 2 atom stereocenters. The van der Waals surface area contributed by atoms with E-state index < -0.39 is 24.3 Å². The zero-order valence-electron chi connectivity index (χ0n) is 19.6. The molecule has 5 N–H and O–H groups in total. The standard InChI is InChI=1S/C24H28N4O7/c1-4-34-19-11-15(22-21(23(31)33-3)14(2)26-24(32)27-22)9-10-18(19)35-13-20(30)28-25-12-16-7-5-6-8-17(16)29/h5-12,20,22,28-30H,4,13H2,1-3H3,(H2,26,27,32)/b25-12-/t20-,22+/m0/s1. The van der Waals surface area contributed by atoms with Crippen LogP contribution in [0, 0.1) is 0 Å². The molecule has 0 saturated carbocycles. The van der Waals surface area contributed by atoms with Gasteiger partial charge in [0.1, 0.15) is 12.4 Å². The molecule has 3 rings (SSSR count). The van der Waals surface area contributed by atoms with Crippen molar-refractivity contribution in [2.45, 2.75) is 26.1 Å². The van der Waals surface area contributed by atoms with E-state index in [-0.39, 0.29) is 17.9 Å². The molecule has 186 valence electrons. The van der Waals surface area contributed by atoms with Crippen molar-refractivity contribution >= 4 is 18.2 Å². The molecule has 1 heterocycles. The number of ether oxygens (including phenoxy) is 3. The smallest absolute Gasteiger partial charge is 0.337 e. The highest BCUT2D eigenvalue weighted by Gasteiger charge is 2.32. The van der Waals surface area contributed by atoms with Gasteiger partial charge in [-0.15, -0.1) is 0 Å². The lowest BCUT2D eigenvalue weighted by Crippen LogP contribution is -2.45. The van der Waals surface area contributed by atoms with Gasteiger partial charge in [-0.3, -0.25) is 5.43 Å². The van der Waals surface area contributed by atoms with Crippen molar-refractivity contribution in [2.24, 2.45) is 5.10 Å². The Morgan fingerprint density at radius 3 is 2.71 bits per heavy atom. The van der Waals surface area contributed by atoms with E-state index in [2.05, 4.69) is 21.2 Å². The maximum Gasteiger partial charge on any atom is 0.337 e. The number of rotatable bonds is 10. The predicted molar refractivity (Wildman–Crippen MR) is 127 cm³/mol. The number of hydrazone groups is 1. The monoisotopic (exact) mass is 484 g/mol. The molecule has 0 aliphatic carbocycles. The maximum atomic E-state index is 12.3.